The first-order chi connectivity index (χ1) is 10.9. The molecular weight excluding hydrogens is 322 g/mol. The van der Waals surface area contributed by atoms with Crippen molar-refractivity contribution in [3.05, 3.63) is 23.9 Å². The minimum absolute atomic E-state index is 0.272. The van der Waals surface area contributed by atoms with Crippen molar-refractivity contribution in [1.82, 2.24) is 4.98 Å². The van der Waals surface area contributed by atoms with Crippen molar-refractivity contribution < 1.29 is 27.2 Å². The molecule has 0 aliphatic carbocycles. The van der Waals surface area contributed by atoms with Gasteiger partial charge in [0.2, 0.25) is 0 Å². The van der Waals surface area contributed by atoms with Gasteiger partial charge >= 0.3 is 13.5 Å². The number of fused-ring (bicyclic) bond motifs is 1. The second-order valence-electron chi connectivity index (χ2n) is 7.01. The molecule has 2 heterocycles. The number of hydrogen-bond acceptors (Lipinski definition) is 3. The molecule has 1 aliphatic rings. The molecule has 1 fully saturated rings. The van der Waals surface area contributed by atoms with Gasteiger partial charge < -0.3 is 19.0 Å². The highest BCUT2D eigenvalue weighted by atomic mass is 19.4. The second-order valence-corrected chi connectivity index (χ2v) is 7.01. The highest BCUT2D eigenvalue weighted by Gasteiger charge is 2.52. The molecule has 0 saturated carbocycles. The Balaban J connectivity index is 2.05. The number of rotatable bonds is 2. The van der Waals surface area contributed by atoms with E-state index in [4.69, 9.17) is 9.31 Å². The van der Waals surface area contributed by atoms with Crippen molar-refractivity contribution in [1.29, 1.82) is 0 Å². The highest BCUT2D eigenvalue weighted by molar-refractivity contribution is 6.65. The van der Waals surface area contributed by atoms with E-state index in [0.29, 0.717) is 16.4 Å². The van der Waals surface area contributed by atoms with Crippen LogP contribution in [0, 0.1) is 6.92 Å². The van der Waals surface area contributed by atoms with Crippen LogP contribution < -0.4 is 10.2 Å². The van der Waals surface area contributed by atoms with Gasteiger partial charge in [-0.25, -0.2) is 0 Å². The quantitative estimate of drug-likeness (QED) is 0.848. The van der Waals surface area contributed by atoms with E-state index in [-0.39, 0.29) is 5.75 Å². The molecule has 1 saturated heterocycles. The summed E-state index contributed by atoms with van der Waals surface area (Å²) in [6.45, 7) is 9.54. The third-order valence-corrected chi connectivity index (χ3v) is 4.73. The number of aromatic nitrogens is 1. The van der Waals surface area contributed by atoms with Gasteiger partial charge in [-0.15, -0.1) is 13.2 Å². The van der Waals surface area contributed by atoms with Crippen LogP contribution in [0.3, 0.4) is 0 Å². The second kappa shape index (κ2) is 5.16. The van der Waals surface area contributed by atoms with E-state index in [1.54, 1.807) is 6.07 Å². The van der Waals surface area contributed by atoms with Gasteiger partial charge in [-0.05, 0) is 52.8 Å². The molecule has 1 aromatic heterocycles. The third-order valence-electron chi connectivity index (χ3n) is 4.73. The predicted octanol–water partition coefficient (Wildman–Crippen LogP) is 3.67. The largest absolute Gasteiger partial charge is 0.573 e. The smallest absolute Gasteiger partial charge is 0.406 e. The van der Waals surface area contributed by atoms with Crippen molar-refractivity contribution in [2.75, 3.05) is 0 Å². The van der Waals surface area contributed by atoms with E-state index in [2.05, 4.69) is 9.72 Å². The van der Waals surface area contributed by atoms with Gasteiger partial charge in [-0.3, -0.25) is 0 Å². The minimum Gasteiger partial charge on any atom is -0.406 e. The van der Waals surface area contributed by atoms with Gasteiger partial charge in [0.15, 0.2) is 0 Å². The van der Waals surface area contributed by atoms with Crippen LogP contribution in [0.4, 0.5) is 13.2 Å². The number of alkyl halides is 3. The monoisotopic (exact) mass is 341 g/mol. The van der Waals surface area contributed by atoms with Crippen LogP contribution >= 0.6 is 0 Å². The lowest BCUT2D eigenvalue weighted by Gasteiger charge is -2.32. The molecule has 8 heteroatoms. The summed E-state index contributed by atoms with van der Waals surface area (Å²) >= 11 is 0. The van der Waals surface area contributed by atoms with E-state index < -0.39 is 24.7 Å². The predicted molar refractivity (Wildman–Crippen MR) is 85.4 cm³/mol. The van der Waals surface area contributed by atoms with Crippen molar-refractivity contribution in [2.24, 2.45) is 0 Å². The van der Waals surface area contributed by atoms with Crippen molar-refractivity contribution in [2.45, 2.75) is 52.2 Å². The standard InChI is InChI=1S/C16H19BF3NO3/c1-9-13(17-23-14(2,3)15(4,5)24-17)11-8-10(22-16(18,19)20)6-7-12(11)21-9/h6-8,21H,1-5H3. The average Bonchev–Trinajstić information content (AvgIpc) is 2.80. The van der Waals surface area contributed by atoms with Crippen molar-refractivity contribution >= 4 is 23.5 Å². The van der Waals surface area contributed by atoms with E-state index in [0.717, 1.165) is 5.69 Å². The summed E-state index contributed by atoms with van der Waals surface area (Å²) in [5.41, 5.74) is 1.11. The zero-order valence-corrected chi connectivity index (χ0v) is 14.2. The fourth-order valence-corrected chi connectivity index (χ4v) is 2.79. The van der Waals surface area contributed by atoms with E-state index in [1.807, 2.05) is 34.6 Å². The van der Waals surface area contributed by atoms with Crippen LogP contribution in [0.25, 0.3) is 10.9 Å². The van der Waals surface area contributed by atoms with Crippen LogP contribution in [-0.2, 0) is 9.31 Å². The summed E-state index contributed by atoms with van der Waals surface area (Å²) in [6.07, 6.45) is -4.73. The van der Waals surface area contributed by atoms with Gasteiger partial charge in [0.1, 0.15) is 5.75 Å². The Morgan fingerprint density at radius 2 is 1.67 bits per heavy atom. The molecule has 4 nitrogen and oxygen atoms in total. The molecule has 130 valence electrons. The number of halogens is 3. The summed E-state index contributed by atoms with van der Waals surface area (Å²) in [5.74, 6) is -0.272. The average molecular weight is 341 g/mol. The maximum Gasteiger partial charge on any atom is 0.573 e. The van der Waals surface area contributed by atoms with Gasteiger partial charge in [-0.2, -0.15) is 0 Å². The number of aromatic amines is 1. The lowest BCUT2D eigenvalue weighted by molar-refractivity contribution is -0.274. The molecule has 0 amide bonds. The van der Waals surface area contributed by atoms with Gasteiger partial charge in [0, 0.05) is 22.1 Å². The van der Waals surface area contributed by atoms with Crippen LogP contribution in [0.1, 0.15) is 33.4 Å². The molecular formula is C16H19BF3NO3. The molecule has 0 bridgehead atoms. The number of aryl methyl sites for hydroxylation is 1. The van der Waals surface area contributed by atoms with Crippen molar-refractivity contribution in [3.63, 3.8) is 0 Å². The third kappa shape index (κ3) is 2.88. The first-order valence-electron chi connectivity index (χ1n) is 7.63. The van der Waals surface area contributed by atoms with Crippen molar-refractivity contribution in [3.8, 4) is 5.75 Å². The van der Waals surface area contributed by atoms with E-state index in [9.17, 15) is 13.2 Å². The summed E-state index contributed by atoms with van der Waals surface area (Å²) in [5, 5.41) is 0.591. The molecule has 1 aromatic carbocycles. The molecule has 0 spiro atoms. The number of benzene rings is 1. The Morgan fingerprint density at radius 1 is 1.08 bits per heavy atom. The van der Waals surface area contributed by atoms with Crippen LogP contribution in [0.15, 0.2) is 18.2 Å². The maximum atomic E-state index is 12.5. The fraction of sp³-hybridized carbons (Fsp3) is 0.500. The minimum atomic E-state index is -4.73. The Labute approximate surface area is 138 Å². The first-order valence-corrected chi connectivity index (χ1v) is 7.63. The normalized spacial score (nSPS) is 19.9. The zero-order chi connectivity index (χ0) is 17.9. The molecule has 0 radical (unpaired) electrons. The van der Waals surface area contributed by atoms with Crippen LogP contribution in [-0.4, -0.2) is 29.7 Å². The molecule has 0 unspecified atom stereocenters. The summed E-state index contributed by atoms with van der Waals surface area (Å²) in [7, 11) is -0.662. The van der Waals surface area contributed by atoms with Crippen LogP contribution in [0.5, 0.6) is 5.75 Å². The Bertz CT molecular complexity index is 767. The number of hydrogen-bond donors (Lipinski definition) is 1. The number of ether oxygens (including phenoxy) is 1. The first kappa shape index (κ1) is 17.2. The fourth-order valence-electron chi connectivity index (χ4n) is 2.79. The summed E-state index contributed by atoms with van der Waals surface area (Å²) in [4.78, 5) is 3.15. The highest BCUT2D eigenvalue weighted by Crippen LogP contribution is 2.37. The van der Waals surface area contributed by atoms with E-state index >= 15 is 0 Å². The lowest BCUT2D eigenvalue weighted by atomic mass is 9.77. The van der Waals surface area contributed by atoms with E-state index in [1.165, 1.54) is 12.1 Å². The number of H-pyrrole nitrogens is 1. The molecule has 1 aliphatic heterocycles. The molecule has 0 atom stereocenters. The Kier molecular flexibility index (Phi) is 3.69. The summed E-state index contributed by atoms with van der Waals surface area (Å²) in [6, 6.07) is 4.19. The zero-order valence-electron chi connectivity index (χ0n) is 14.2. The topological polar surface area (TPSA) is 43.5 Å². The molecule has 1 N–H and O–H groups in total. The number of nitrogens with one attached hydrogen (secondary N) is 1. The molecule has 2 aromatic rings. The van der Waals surface area contributed by atoms with Gasteiger partial charge in [0.25, 0.3) is 0 Å². The summed E-state index contributed by atoms with van der Waals surface area (Å²) < 4.78 is 53.5. The molecule has 24 heavy (non-hydrogen) atoms. The molecule has 3 rings (SSSR count). The van der Waals surface area contributed by atoms with Crippen LogP contribution in [0.2, 0.25) is 0 Å². The Morgan fingerprint density at radius 3 is 2.21 bits per heavy atom. The lowest BCUT2D eigenvalue weighted by Crippen LogP contribution is -2.41. The van der Waals surface area contributed by atoms with Gasteiger partial charge in [-0.1, -0.05) is 0 Å². The van der Waals surface area contributed by atoms with Gasteiger partial charge in [0.05, 0.1) is 11.2 Å². The SMILES string of the molecule is Cc1[nH]c2ccc(OC(F)(F)F)cc2c1B1OC(C)(C)C(C)(C)O1. The Hall–Kier alpha value is -1.67. The maximum absolute atomic E-state index is 12.5.